The van der Waals surface area contributed by atoms with Crippen LogP contribution in [0.4, 0.5) is 5.82 Å². The first-order valence-electron chi connectivity index (χ1n) is 8.40. The van der Waals surface area contributed by atoms with E-state index >= 15 is 0 Å². The molecular weight excluding hydrogens is 459 g/mol. The average molecular weight is 478 g/mol. The second-order valence-electron chi connectivity index (χ2n) is 5.95. The maximum atomic E-state index is 13.0. The Morgan fingerprint density at radius 2 is 1.85 bits per heavy atom. The molecule has 7 nitrogen and oxygen atoms in total. The molecule has 2 heterocycles. The third-order valence-corrected chi connectivity index (χ3v) is 5.37. The summed E-state index contributed by atoms with van der Waals surface area (Å²) in [6.07, 6.45) is 1.68. The molecule has 0 spiro atoms. The number of hydrogen-bond acceptors (Lipinski definition) is 6. The van der Waals surface area contributed by atoms with E-state index in [1.807, 2.05) is 9.80 Å². The van der Waals surface area contributed by atoms with Crippen LogP contribution < -0.4 is 14.4 Å². The van der Waals surface area contributed by atoms with Crippen LogP contribution in [0.25, 0.3) is 0 Å². The van der Waals surface area contributed by atoms with Gasteiger partial charge in [0.2, 0.25) is 0 Å². The van der Waals surface area contributed by atoms with Crippen molar-refractivity contribution in [2.75, 3.05) is 45.3 Å². The van der Waals surface area contributed by atoms with Gasteiger partial charge in [0.15, 0.2) is 11.5 Å². The van der Waals surface area contributed by atoms with Crippen molar-refractivity contribution in [3.8, 4) is 17.6 Å². The van der Waals surface area contributed by atoms with E-state index in [0.29, 0.717) is 54.6 Å². The van der Waals surface area contributed by atoms with Crippen molar-refractivity contribution in [1.29, 1.82) is 5.26 Å². The highest BCUT2D eigenvalue weighted by molar-refractivity contribution is 14.1. The first-order chi connectivity index (χ1) is 13.1. The minimum atomic E-state index is -0.0402. The van der Waals surface area contributed by atoms with E-state index in [0.717, 1.165) is 3.57 Å². The number of aromatic nitrogens is 1. The molecule has 1 aromatic heterocycles. The number of ether oxygens (including phenoxy) is 2. The summed E-state index contributed by atoms with van der Waals surface area (Å²) in [7, 11) is 3.12. The van der Waals surface area contributed by atoms with E-state index in [9.17, 15) is 10.1 Å². The second-order valence-corrected chi connectivity index (χ2v) is 7.11. The number of piperazine rings is 1. The fourth-order valence-electron chi connectivity index (χ4n) is 3.05. The number of nitriles is 1. The van der Waals surface area contributed by atoms with Crippen LogP contribution in [0.2, 0.25) is 0 Å². The summed E-state index contributed by atoms with van der Waals surface area (Å²) in [6.45, 7) is 2.37. The number of benzene rings is 1. The number of amides is 1. The molecule has 27 heavy (non-hydrogen) atoms. The molecule has 0 N–H and O–H groups in total. The number of anilines is 1. The van der Waals surface area contributed by atoms with Gasteiger partial charge in [-0.1, -0.05) is 0 Å². The molecule has 0 aliphatic carbocycles. The summed E-state index contributed by atoms with van der Waals surface area (Å²) in [4.78, 5) is 21.2. The minimum absolute atomic E-state index is 0.0402. The fourth-order valence-corrected chi connectivity index (χ4v) is 3.72. The summed E-state index contributed by atoms with van der Waals surface area (Å²) in [5.74, 6) is 1.77. The van der Waals surface area contributed by atoms with Crippen LogP contribution in [-0.4, -0.2) is 56.2 Å². The summed E-state index contributed by atoms with van der Waals surface area (Å²) in [6, 6.07) is 9.20. The third-order valence-electron chi connectivity index (χ3n) is 4.48. The monoisotopic (exact) mass is 478 g/mol. The van der Waals surface area contributed by atoms with Gasteiger partial charge in [-0.3, -0.25) is 4.79 Å². The Kier molecular flexibility index (Phi) is 6.01. The molecule has 1 saturated heterocycles. The zero-order valence-corrected chi connectivity index (χ0v) is 17.3. The third kappa shape index (κ3) is 3.93. The fraction of sp³-hybridized carbons (Fsp3) is 0.316. The molecule has 0 bridgehead atoms. The lowest BCUT2D eigenvalue weighted by atomic mass is 10.1. The summed E-state index contributed by atoms with van der Waals surface area (Å²) in [5.41, 5.74) is 1.14. The SMILES string of the molecule is COc1cc(I)c(C(=O)N2CCN(c3ncccc3C#N)CC2)cc1OC. The van der Waals surface area contributed by atoms with Crippen molar-refractivity contribution in [1.82, 2.24) is 9.88 Å². The lowest BCUT2D eigenvalue weighted by Crippen LogP contribution is -2.49. The van der Waals surface area contributed by atoms with Crippen LogP contribution in [0.15, 0.2) is 30.5 Å². The molecule has 0 saturated carbocycles. The van der Waals surface area contributed by atoms with Crippen LogP contribution in [0, 0.1) is 14.9 Å². The molecule has 0 atom stereocenters. The van der Waals surface area contributed by atoms with Gasteiger partial charge in [0.1, 0.15) is 11.9 Å². The molecule has 0 unspecified atom stereocenters. The number of hydrogen-bond donors (Lipinski definition) is 0. The van der Waals surface area contributed by atoms with Crippen molar-refractivity contribution in [2.24, 2.45) is 0 Å². The number of carbonyl (C=O) groups excluding carboxylic acids is 1. The highest BCUT2D eigenvalue weighted by Crippen LogP contribution is 2.32. The molecule has 0 radical (unpaired) electrons. The Labute approximate surface area is 171 Å². The standard InChI is InChI=1S/C19H19IN4O3/c1-26-16-10-14(15(20)11-17(16)27-2)19(25)24-8-6-23(7-9-24)18-13(12-21)4-3-5-22-18/h3-5,10-11H,6-9H2,1-2H3. The number of pyridine rings is 1. The molecule has 1 aliphatic rings. The van der Waals surface area contributed by atoms with E-state index in [1.165, 1.54) is 0 Å². The number of rotatable bonds is 4. The van der Waals surface area contributed by atoms with Gasteiger partial charge in [-0.15, -0.1) is 0 Å². The van der Waals surface area contributed by atoms with Gasteiger partial charge in [0.25, 0.3) is 5.91 Å². The maximum absolute atomic E-state index is 13.0. The Bertz CT molecular complexity index is 889. The van der Waals surface area contributed by atoms with Gasteiger partial charge in [-0.2, -0.15) is 5.26 Å². The smallest absolute Gasteiger partial charge is 0.255 e. The lowest BCUT2D eigenvalue weighted by molar-refractivity contribution is 0.0745. The molecule has 2 aromatic rings. The number of nitrogens with zero attached hydrogens (tertiary/aromatic N) is 4. The van der Waals surface area contributed by atoms with E-state index in [1.54, 1.807) is 44.7 Å². The minimum Gasteiger partial charge on any atom is -0.493 e. The Hall–Kier alpha value is -2.54. The van der Waals surface area contributed by atoms with Gasteiger partial charge in [0, 0.05) is 35.9 Å². The maximum Gasteiger partial charge on any atom is 0.255 e. The largest absolute Gasteiger partial charge is 0.493 e. The van der Waals surface area contributed by atoms with Gasteiger partial charge in [-0.05, 0) is 46.9 Å². The number of methoxy groups -OCH3 is 2. The first-order valence-corrected chi connectivity index (χ1v) is 9.47. The predicted octanol–water partition coefficient (Wildman–Crippen LogP) is 2.54. The molecule has 1 fully saturated rings. The topological polar surface area (TPSA) is 78.7 Å². The zero-order valence-electron chi connectivity index (χ0n) is 15.1. The van der Waals surface area contributed by atoms with Crippen molar-refractivity contribution < 1.29 is 14.3 Å². The van der Waals surface area contributed by atoms with Crippen molar-refractivity contribution in [3.05, 3.63) is 45.2 Å². The lowest BCUT2D eigenvalue weighted by Gasteiger charge is -2.36. The van der Waals surface area contributed by atoms with E-state index in [4.69, 9.17) is 9.47 Å². The first kappa shape index (κ1) is 19.2. The molecule has 140 valence electrons. The molecule has 8 heteroatoms. The van der Waals surface area contributed by atoms with E-state index in [-0.39, 0.29) is 5.91 Å². The van der Waals surface area contributed by atoms with Crippen LogP contribution in [0.3, 0.4) is 0 Å². The highest BCUT2D eigenvalue weighted by Gasteiger charge is 2.26. The summed E-state index contributed by atoms with van der Waals surface area (Å²) >= 11 is 2.14. The van der Waals surface area contributed by atoms with Crippen molar-refractivity contribution in [3.63, 3.8) is 0 Å². The Morgan fingerprint density at radius 3 is 2.48 bits per heavy atom. The average Bonchev–Trinajstić information content (AvgIpc) is 2.73. The van der Waals surface area contributed by atoms with Gasteiger partial charge in [-0.25, -0.2) is 4.98 Å². The highest BCUT2D eigenvalue weighted by atomic mass is 127. The van der Waals surface area contributed by atoms with Gasteiger partial charge >= 0.3 is 0 Å². The molecular formula is C19H19IN4O3. The van der Waals surface area contributed by atoms with Gasteiger partial charge in [0.05, 0.1) is 25.3 Å². The normalized spacial score (nSPS) is 13.9. The molecule has 1 amide bonds. The number of halogens is 1. The van der Waals surface area contributed by atoms with Crippen LogP contribution in [0.1, 0.15) is 15.9 Å². The number of carbonyl (C=O) groups is 1. The zero-order chi connectivity index (χ0) is 19.4. The van der Waals surface area contributed by atoms with Crippen LogP contribution in [0.5, 0.6) is 11.5 Å². The van der Waals surface area contributed by atoms with Crippen LogP contribution >= 0.6 is 22.6 Å². The Balaban J connectivity index is 1.75. The van der Waals surface area contributed by atoms with Crippen LogP contribution in [-0.2, 0) is 0 Å². The quantitative estimate of drug-likeness (QED) is 0.629. The van der Waals surface area contributed by atoms with Gasteiger partial charge < -0.3 is 19.3 Å². The Morgan fingerprint density at radius 1 is 1.19 bits per heavy atom. The molecule has 3 rings (SSSR count). The van der Waals surface area contributed by atoms with E-state index < -0.39 is 0 Å². The summed E-state index contributed by atoms with van der Waals surface area (Å²) < 4.78 is 11.4. The summed E-state index contributed by atoms with van der Waals surface area (Å²) in [5, 5.41) is 9.26. The van der Waals surface area contributed by atoms with E-state index in [2.05, 4.69) is 33.6 Å². The van der Waals surface area contributed by atoms with Crippen molar-refractivity contribution >= 4 is 34.3 Å². The molecule has 1 aliphatic heterocycles. The second kappa shape index (κ2) is 8.43. The van der Waals surface area contributed by atoms with Crippen molar-refractivity contribution in [2.45, 2.75) is 0 Å². The molecule has 1 aromatic carbocycles. The predicted molar refractivity (Wildman–Crippen MR) is 109 cm³/mol.